The largest absolute Gasteiger partial charge is 0.482 e. The monoisotopic (exact) mass is 345 g/mol. The van der Waals surface area contributed by atoms with Gasteiger partial charge < -0.3 is 14.6 Å². The number of carbonyl (C=O) groups is 1. The first-order valence-corrected chi connectivity index (χ1v) is 7.32. The molecule has 0 aliphatic heterocycles. The predicted molar refractivity (Wildman–Crippen MR) is 82.6 cm³/mol. The molecule has 3 aromatic rings. The summed E-state index contributed by atoms with van der Waals surface area (Å²) in [6, 6.07) is 7.94. The lowest BCUT2D eigenvalue weighted by molar-refractivity contribution is 0.0941. The van der Waals surface area contributed by atoms with Crippen LogP contribution < -0.4 is 10.1 Å². The van der Waals surface area contributed by atoms with Crippen LogP contribution in [0.15, 0.2) is 53.3 Å². The van der Waals surface area contributed by atoms with Crippen LogP contribution in [0, 0.1) is 11.6 Å². The quantitative estimate of drug-likeness (QED) is 0.743. The summed E-state index contributed by atoms with van der Waals surface area (Å²) in [5, 5.41) is 6.31. The molecule has 0 radical (unpaired) electrons. The average molecular weight is 345 g/mol. The molecule has 1 N–H and O–H groups in total. The zero-order valence-corrected chi connectivity index (χ0v) is 12.9. The third kappa shape index (κ3) is 4.37. The van der Waals surface area contributed by atoms with Crippen molar-refractivity contribution in [2.45, 2.75) is 13.2 Å². The summed E-state index contributed by atoms with van der Waals surface area (Å²) < 4.78 is 36.5. The van der Waals surface area contributed by atoms with Gasteiger partial charge in [0.15, 0.2) is 23.0 Å². The molecule has 8 heteroatoms. The van der Waals surface area contributed by atoms with Gasteiger partial charge in [-0.1, -0.05) is 11.2 Å². The number of halogens is 2. The Bertz CT molecular complexity index is 869. The van der Waals surface area contributed by atoms with E-state index in [1.807, 2.05) is 6.07 Å². The van der Waals surface area contributed by atoms with Gasteiger partial charge in [0.25, 0.3) is 5.91 Å². The minimum atomic E-state index is -0.825. The summed E-state index contributed by atoms with van der Waals surface area (Å²) in [5.74, 6) is -1.84. The van der Waals surface area contributed by atoms with Crippen LogP contribution in [0.5, 0.6) is 5.75 Å². The van der Waals surface area contributed by atoms with Crippen molar-refractivity contribution in [2.75, 3.05) is 0 Å². The minimum Gasteiger partial charge on any atom is -0.482 e. The van der Waals surface area contributed by atoms with Crippen LogP contribution in [0.25, 0.3) is 0 Å². The average Bonchev–Trinajstić information content (AvgIpc) is 3.09. The first-order chi connectivity index (χ1) is 12.1. The molecule has 0 saturated carbocycles. The zero-order valence-electron chi connectivity index (χ0n) is 12.9. The second kappa shape index (κ2) is 7.52. The van der Waals surface area contributed by atoms with E-state index in [1.165, 1.54) is 12.1 Å². The Labute approximate surface area is 141 Å². The van der Waals surface area contributed by atoms with Crippen LogP contribution in [0.3, 0.4) is 0 Å². The van der Waals surface area contributed by atoms with Crippen LogP contribution in [0.4, 0.5) is 8.78 Å². The lowest BCUT2D eigenvalue weighted by Gasteiger charge is -2.04. The van der Waals surface area contributed by atoms with E-state index in [2.05, 4.69) is 15.5 Å². The molecule has 0 bridgehead atoms. The van der Waals surface area contributed by atoms with E-state index in [-0.39, 0.29) is 23.8 Å². The van der Waals surface area contributed by atoms with E-state index >= 15 is 0 Å². The number of ether oxygens (including phenoxy) is 1. The Hall–Kier alpha value is -3.29. The van der Waals surface area contributed by atoms with Crippen molar-refractivity contribution in [2.24, 2.45) is 0 Å². The highest BCUT2D eigenvalue weighted by atomic mass is 19.1. The van der Waals surface area contributed by atoms with Crippen LogP contribution in [-0.4, -0.2) is 16.0 Å². The van der Waals surface area contributed by atoms with Gasteiger partial charge in [0, 0.05) is 31.1 Å². The van der Waals surface area contributed by atoms with E-state index in [4.69, 9.17) is 9.26 Å². The maximum absolute atomic E-state index is 13.5. The predicted octanol–water partition coefficient (Wildman–Crippen LogP) is 2.86. The summed E-state index contributed by atoms with van der Waals surface area (Å²) in [5.41, 5.74) is 0.914. The summed E-state index contributed by atoms with van der Waals surface area (Å²) in [6.07, 6.45) is 3.28. The van der Waals surface area contributed by atoms with Crippen molar-refractivity contribution in [3.8, 4) is 5.75 Å². The number of benzene rings is 1. The number of nitrogens with zero attached hydrogens (tertiary/aromatic N) is 2. The van der Waals surface area contributed by atoms with Gasteiger partial charge in [-0.05, 0) is 23.8 Å². The van der Waals surface area contributed by atoms with Gasteiger partial charge in [-0.3, -0.25) is 9.78 Å². The number of amides is 1. The van der Waals surface area contributed by atoms with Gasteiger partial charge in [-0.15, -0.1) is 0 Å². The minimum absolute atomic E-state index is 0.0714. The van der Waals surface area contributed by atoms with Gasteiger partial charge >= 0.3 is 0 Å². The number of rotatable bonds is 6. The molecule has 0 fully saturated rings. The maximum atomic E-state index is 13.5. The second-order valence-corrected chi connectivity index (χ2v) is 5.09. The molecule has 128 valence electrons. The van der Waals surface area contributed by atoms with Crippen LogP contribution in [0.2, 0.25) is 0 Å². The molecule has 2 heterocycles. The van der Waals surface area contributed by atoms with Gasteiger partial charge in [0.05, 0.1) is 0 Å². The van der Waals surface area contributed by atoms with Crippen molar-refractivity contribution in [1.82, 2.24) is 15.5 Å². The summed E-state index contributed by atoms with van der Waals surface area (Å²) in [4.78, 5) is 15.9. The standard InChI is InChI=1S/C17H13F2N3O3/c18-12-3-4-16(14(19)6-12)24-10-13-7-15(22-25-13)17(23)21-9-11-2-1-5-20-8-11/h1-8H,9-10H2,(H,21,23). The fraction of sp³-hybridized carbons (Fsp3) is 0.118. The Morgan fingerprint density at radius 3 is 2.88 bits per heavy atom. The zero-order chi connectivity index (χ0) is 17.6. The number of aromatic nitrogens is 2. The molecule has 0 spiro atoms. The lowest BCUT2D eigenvalue weighted by atomic mass is 10.3. The third-order valence-electron chi connectivity index (χ3n) is 3.23. The van der Waals surface area contributed by atoms with E-state index in [9.17, 15) is 13.6 Å². The molecule has 0 saturated heterocycles. The van der Waals surface area contributed by atoms with Crippen molar-refractivity contribution in [3.63, 3.8) is 0 Å². The van der Waals surface area contributed by atoms with E-state index in [1.54, 1.807) is 18.5 Å². The third-order valence-corrected chi connectivity index (χ3v) is 3.23. The van der Waals surface area contributed by atoms with Crippen molar-refractivity contribution < 1.29 is 22.8 Å². The summed E-state index contributed by atoms with van der Waals surface area (Å²) >= 11 is 0. The number of hydrogen-bond acceptors (Lipinski definition) is 5. The van der Waals surface area contributed by atoms with E-state index in [0.29, 0.717) is 12.6 Å². The van der Waals surface area contributed by atoms with E-state index in [0.717, 1.165) is 11.6 Å². The molecule has 3 rings (SSSR count). The topological polar surface area (TPSA) is 77.2 Å². The molecule has 0 aliphatic rings. The van der Waals surface area contributed by atoms with Crippen molar-refractivity contribution in [3.05, 3.63) is 77.4 Å². The van der Waals surface area contributed by atoms with Gasteiger partial charge in [-0.2, -0.15) is 0 Å². The van der Waals surface area contributed by atoms with Gasteiger partial charge in [-0.25, -0.2) is 8.78 Å². The highest BCUT2D eigenvalue weighted by molar-refractivity contribution is 5.92. The Kier molecular flexibility index (Phi) is 4.98. The molecule has 25 heavy (non-hydrogen) atoms. The molecule has 6 nitrogen and oxygen atoms in total. The number of nitrogens with one attached hydrogen (secondary N) is 1. The Morgan fingerprint density at radius 1 is 1.24 bits per heavy atom. The molecular weight excluding hydrogens is 332 g/mol. The fourth-order valence-corrected chi connectivity index (χ4v) is 2.00. The smallest absolute Gasteiger partial charge is 0.273 e. The van der Waals surface area contributed by atoms with E-state index < -0.39 is 17.5 Å². The van der Waals surface area contributed by atoms with Gasteiger partial charge in [0.1, 0.15) is 12.4 Å². The first kappa shape index (κ1) is 16.6. The SMILES string of the molecule is O=C(NCc1cccnc1)c1cc(COc2ccc(F)cc2F)on1. The molecule has 0 unspecified atom stereocenters. The first-order valence-electron chi connectivity index (χ1n) is 7.32. The number of pyridine rings is 1. The highest BCUT2D eigenvalue weighted by Gasteiger charge is 2.13. The Morgan fingerprint density at radius 2 is 2.12 bits per heavy atom. The maximum Gasteiger partial charge on any atom is 0.273 e. The molecule has 1 amide bonds. The van der Waals surface area contributed by atoms with Crippen LogP contribution >= 0.6 is 0 Å². The van der Waals surface area contributed by atoms with Crippen LogP contribution in [-0.2, 0) is 13.2 Å². The lowest BCUT2D eigenvalue weighted by Crippen LogP contribution is -2.23. The number of hydrogen-bond donors (Lipinski definition) is 1. The molecular formula is C17H13F2N3O3. The normalized spacial score (nSPS) is 10.5. The summed E-state index contributed by atoms with van der Waals surface area (Å²) in [7, 11) is 0. The summed E-state index contributed by atoms with van der Waals surface area (Å²) in [6.45, 7) is 0.150. The molecule has 1 aromatic carbocycles. The molecule has 0 atom stereocenters. The fourth-order valence-electron chi connectivity index (χ4n) is 2.00. The molecule has 2 aromatic heterocycles. The van der Waals surface area contributed by atoms with Crippen LogP contribution in [0.1, 0.15) is 21.8 Å². The second-order valence-electron chi connectivity index (χ2n) is 5.09. The number of carbonyl (C=O) groups excluding carboxylic acids is 1. The Balaban J connectivity index is 1.55. The molecule has 0 aliphatic carbocycles. The van der Waals surface area contributed by atoms with Crippen molar-refractivity contribution in [1.29, 1.82) is 0 Å². The highest BCUT2D eigenvalue weighted by Crippen LogP contribution is 2.19. The van der Waals surface area contributed by atoms with Crippen molar-refractivity contribution >= 4 is 5.91 Å². The van der Waals surface area contributed by atoms with Gasteiger partial charge in [0.2, 0.25) is 0 Å².